The third-order valence-corrected chi connectivity index (χ3v) is 4.36. The molecule has 3 aromatic rings. The van der Waals surface area contributed by atoms with Crippen molar-refractivity contribution in [3.05, 3.63) is 89.7 Å². The Morgan fingerprint density at radius 1 is 1.00 bits per heavy atom. The number of rotatable bonds is 8. The van der Waals surface area contributed by atoms with Gasteiger partial charge in [-0.05, 0) is 37.6 Å². The monoisotopic (exact) mass is 404 g/mol. The summed E-state index contributed by atoms with van der Waals surface area (Å²) < 4.78 is 11.1. The molecule has 1 amide bonds. The molecule has 0 bridgehead atoms. The predicted octanol–water partition coefficient (Wildman–Crippen LogP) is 4.25. The van der Waals surface area contributed by atoms with E-state index in [1.54, 1.807) is 48.7 Å². The number of aryl methyl sites for hydroxylation is 1. The highest BCUT2D eigenvalue weighted by Crippen LogP contribution is 2.27. The Bertz CT molecular complexity index is 988. The van der Waals surface area contributed by atoms with Crippen LogP contribution < -0.4 is 10.1 Å². The van der Waals surface area contributed by atoms with Gasteiger partial charge < -0.3 is 14.8 Å². The molecule has 0 saturated heterocycles. The van der Waals surface area contributed by atoms with E-state index in [4.69, 9.17) is 9.47 Å². The van der Waals surface area contributed by atoms with E-state index in [1.165, 1.54) is 0 Å². The van der Waals surface area contributed by atoms with E-state index in [2.05, 4.69) is 10.3 Å². The summed E-state index contributed by atoms with van der Waals surface area (Å²) in [6.45, 7) is 4.21. The molecule has 0 aliphatic heterocycles. The van der Waals surface area contributed by atoms with Crippen molar-refractivity contribution in [1.82, 2.24) is 4.98 Å². The molecule has 3 rings (SSSR count). The van der Waals surface area contributed by atoms with E-state index in [0.29, 0.717) is 23.6 Å². The molecule has 1 N–H and O–H groups in total. The number of nitrogens with one attached hydrogen (secondary N) is 1. The molecule has 1 aromatic heterocycles. The third kappa shape index (κ3) is 5.67. The average Bonchev–Trinajstić information content (AvgIpc) is 2.76. The van der Waals surface area contributed by atoms with Crippen molar-refractivity contribution in [2.24, 2.45) is 0 Å². The molecule has 0 aliphatic rings. The maximum Gasteiger partial charge on any atom is 0.311 e. The van der Waals surface area contributed by atoms with Gasteiger partial charge in [0, 0.05) is 17.5 Å². The van der Waals surface area contributed by atoms with Gasteiger partial charge in [-0.15, -0.1) is 0 Å². The summed E-state index contributed by atoms with van der Waals surface area (Å²) in [5, 5.41) is 2.82. The number of hydrogen-bond donors (Lipinski definition) is 1. The number of aromatic nitrogens is 1. The van der Waals surface area contributed by atoms with Gasteiger partial charge in [0.15, 0.2) is 0 Å². The SMILES string of the molecule is CCOc1ccccc1NC(=O)C(OC(=O)Cc1ccc(C)nc1)c1ccccc1. The second kappa shape index (κ2) is 10.2. The van der Waals surface area contributed by atoms with E-state index < -0.39 is 18.0 Å². The van der Waals surface area contributed by atoms with Gasteiger partial charge in [-0.1, -0.05) is 48.5 Å². The normalized spacial score (nSPS) is 11.4. The predicted molar refractivity (Wildman–Crippen MR) is 114 cm³/mol. The first-order valence-electron chi connectivity index (χ1n) is 9.75. The molecule has 0 aliphatic carbocycles. The van der Waals surface area contributed by atoms with Gasteiger partial charge in [0.05, 0.1) is 18.7 Å². The number of ether oxygens (including phenoxy) is 2. The molecule has 1 atom stereocenters. The van der Waals surface area contributed by atoms with Crippen LogP contribution in [0.4, 0.5) is 5.69 Å². The molecule has 0 fully saturated rings. The maximum atomic E-state index is 13.0. The summed E-state index contributed by atoms with van der Waals surface area (Å²) in [4.78, 5) is 29.8. The molecule has 6 nitrogen and oxygen atoms in total. The van der Waals surface area contributed by atoms with Crippen molar-refractivity contribution in [3.63, 3.8) is 0 Å². The van der Waals surface area contributed by atoms with E-state index in [9.17, 15) is 9.59 Å². The molecule has 0 spiro atoms. The average molecular weight is 404 g/mol. The lowest BCUT2D eigenvalue weighted by Crippen LogP contribution is -2.26. The molecule has 154 valence electrons. The fourth-order valence-corrected chi connectivity index (χ4v) is 2.89. The topological polar surface area (TPSA) is 77.5 Å². The number of anilines is 1. The molecule has 0 radical (unpaired) electrons. The fraction of sp³-hybridized carbons (Fsp3) is 0.208. The molecule has 0 saturated carbocycles. The van der Waals surface area contributed by atoms with Crippen molar-refractivity contribution in [1.29, 1.82) is 0 Å². The molecule has 30 heavy (non-hydrogen) atoms. The number of pyridine rings is 1. The van der Waals surface area contributed by atoms with Crippen LogP contribution in [-0.4, -0.2) is 23.5 Å². The largest absolute Gasteiger partial charge is 0.492 e. The fourth-order valence-electron chi connectivity index (χ4n) is 2.89. The first kappa shape index (κ1) is 21.0. The smallest absolute Gasteiger partial charge is 0.311 e. The Morgan fingerprint density at radius 2 is 1.73 bits per heavy atom. The van der Waals surface area contributed by atoms with Crippen LogP contribution in [0.3, 0.4) is 0 Å². The Hall–Kier alpha value is -3.67. The van der Waals surface area contributed by atoms with Crippen LogP contribution in [0.1, 0.15) is 29.8 Å². The molecular weight excluding hydrogens is 380 g/mol. The molecular formula is C24H24N2O4. The van der Waals surface area contributed by atoms with Crippen molar-refractivity contribution in [3.8, 4) is 5.75 Å². The van der Waals surface area contributed by atoms with Crippen LogP contribution in [0.25, 0.3) is 0 Å². The van der Waals surface area contributed by atoms with Crippen LogP contribution >= 0.6 is 0 Å². The Labute approximate surface area is 175 Å². The Kier molecular flexibility index (Phi) is 7.16. The quantitative estimate of drug-likeness (QED) is 0.568. The van der Waals surface area contributed by atoms with Gasteiger partial charge in [0.2, 0.25) is 6.10 Å². The summed E-state index contributed by atoms with van der Waals surface area (Å²) >= 11 is 0. The second-order valence-electron chi connectivity index (χ2n) is 6.68. The summed E-state index contributed by atoms with van der Waals surface area (Å²) in [6.07, 6.45) is 0.568. The van der Waals surface area contributed by atoms with E-state index >= 15 is 0 Å². The van der Waals surface area contributed by atoms with Gasteiger partial charge in [-0.2, -0.15) is 0 Å². The second-order valence-corrected chi connectivity index (χ2v) is 6.68. The number of carbonyl (C=O) groups is 2. The molecule has 1 heterocycles. The van der Waals surface area contributed by atoms with E-state index in [0.717, 1.165) is 11.3 Å². The lowest BCUT2D eigenvalue weighted by Gasteiger charge is -2.19. The van der Waals surface area contributed by atoms with Crippen LogP contribution in [0, 0.1) is 6.92 Å². The van der Waals surface area contributed by atoms with Crippen LogP contribution in [0.2, 0.25) is 0 Å². The number of amides is 1. The summed E-state index contributed by atoms with van der Waals surface area (Å²) in [5.41, 5.74) is 2.68. The zero-order chi connectivity index (χ0) is 21.3. The lowest BCUT2D eigenvalue weighted by atomic mass is 10.1. The summed E-state index contributed by atoms with van der Waals surface area (Å²) in [6, 6.07) is 19.7. The molecule has 2 aromatic carbocycles. The molecule has 6 heteroatoms. The van der Waals surface area contributed by atoms with Crippen LogP contribution in [-0.2, 0) is 20.7 Å². The van der Waals surface area contributed by atoms with Gasteiger partial charge >= 0.3 is 5.97 Å². The zero-order valence-electron chi connectivity index (χ0n) is 17.0. The minimum atomic E-state index is -1.09. The van der Waals surface area contributed by atoms with Crippen LogP contribution in [0.5, 0.6) is 5.75 Å². The highest BCUT2D eigenvalue weighted by molar-refractivity contribution is 5.97. The lowest BCUT2D eigenvalue weighted by molar-refractivity contribution is -0.154. The first-order valence-corrected chi connectivity index (χ1v) is 9.75. The van der Waals surface area contributed by atoms with Gasteiger partial charge in [0.25, 0.3) is 5.91 Å². The van der Waals surface area contributed by atoms with Crippen molar-refractivity contribution < 1.29 is 19.1 Å². The number of hydrogen-bond acceptors (Lipinski definition) is 5. The Morgan fingerprint density at radius 3 is 2.43 bits per heavy atom. The van der Waals surface area contributed by atoms with Crippen molar-refractivity contribution >= 4 is 17.6 Å². The Balaban J connectivity index is 1.78. The van der Waals surface area contributed by atoms with Gasteiger partial charge in [-0.25, -0.2) is 0 Å². The number of nitrogens with zero attached hydrogens (tertiary/aromatic N) is 1. The third-order valence-electron chi connectivity index (χ3n) is 4.36. The first-order chi connectivity index (χ1) is 14.6. The minimum Gasteiger partial charge on any atom is -0.492 e. The summed E-state index contributed by atoms with van der Waals surface area (Å²) in [7, 11) is 0. The zero-order valence-corrected chi connectivity index (χ0v) is 17.0. The number of para-hydroxylation sites is 2. The van der Waals surface area contributed by atoms with E-state index in [-0.39, 0.29) is 6.42 Å². The van der Waals surface area contributed by atoms with Crippen molar-refractivity contribution in [2.75, 3.05) is 11.9 Å². The molecule has 1 unspecified atom stereocenters. The highest BCUT2D eigenvalue weighted by atomic mass is 16.5. The maximum absolute atomic E-state index is 13.0. The van der Waals surface area contributed by atoms with Gasteiger partial charge in [-0.3, -0.25) is 14.6 Å². The van der Waals surface area contributed by atoms with Crippen LogP contribution in [0.15, 0.2) is 72.9 Å². The minimum absolute atomic E-state index is 0.0272. The standard InChI is InChI=1S/C24H24N2O4/c1-3-29-21-12-8-7-11-20(21)26-24(28)23(19-9-5-4-6-10-19)30-22(27)15-18-14-13-17(2)25-16-18/h4-14,16,23H,3,15H2,1-2H3,(H,26,28). The summed E-state index contributed by atoms with van der Waals surface area (Å²) in [5.74, 6) is -0.413. The highest BCUT2D eigenvalue weighted by Gasteiger charge is 2.26. The van der Waals surface area contributed by atoms with E-state index in [1.807, 2.05) is 38.1 Å². The number of esters is 1. The number of carbonyl (C=O) groups excluding carboxylic acids is 2. The van der Waals surface area contributed by atoms with Crippen molar-refractivity contribution in [2.45, 2.75) is 26.4 Å². The van der Waals surface area contributed by atoms with Gasteiger partial charge in [0.1, 0.15) is 5.75 Å². The number of benzene rings is 2.